The van der Waals surface area contributed by atoms with Crippen molar-refractivity contribution in [2.45, 2.75) is 41.9 Å². The summed E-state index contributed by atoms with van der Waals surface area (Å²) < 4.78 is 60.7. The molecule has 0 spiro atoms. The summed E-state index contributed by atoms with van der Waals surface area (Å²) in [5.74, 6) is -0.737. The molecule has 0 aromatic heterocycles. The van der Waals surface area contributed by atoms with E-state index in [0.29, 0.717) is 43.2 Å². The lowest BCUT2D eigenvalue weighted by Crippen LogP contribution is -2.43. The first-order chi connectivity index (χ1) is 17.1. The van der Waals surface area contributed by atoms with E-state index in [9.17, 15) is 21.6 Å². The minimum absolute atomic E-state index is 0.000266. The van der Waals surface area contributed by atoms with Crippen molar-refractivity contribution in [1.82, 2.24) is 8.61 Å². The van der Waals surface area contributed by atoms with Crippen molar-refractivity contribution in [2.75, 3.05) is 38.6 Å². The standard InChI is InChI=1S/C24H30ClN3O6S2/c1-34-22-12-9-20(16-23(22)36(32,33)27-13-3-2-4-14-27)26-24(29)18-6-5-15-28(17-18)35(30,31)21-10-7-19(25)8-11-21/h7-12,16,18H,2-6,13-15,17H2,1H3,(H,26,29). The number of carbonyl (C=O) groups is 1. The van der Waals surface area contributed by atoms with Gasteiger partial charge >= 0.3 is 0 Å². The van der Waals surface area contributed by atoms with E-state index in [2.05, 4.69) is 5.32 Å². The van der Waals surface area contributed by atoms with E-state index >= 15 is 0 Å². The number of hydrogen-bond acceptors (Lipinski definition) is 6. The topological polar surface area (TPSA) is 113 Å². The number of amides is 1. The minimum Gasteiger partial charge on any atom is -0.495 e. The van der Waals surface area contributed by atoms with Crippen LogP contribution in [0.1, 0.15) is 32.1 Å². The third-order valence-corrected chi connectivity index (χ3v) is 10.6. The molecule has 4 rings (SSSR count). The summed E-state index contributed by atoms with van der Waals surface area (Å²) in [6.07, 6.45) is 3.64. The van der Waals surface area contributed by atoms with E-state index in [0.717, 1.165) is 19.3 Å². The van der Waals surface area contributed by atoms with Crippen LogP contribution in [0, 0.1) is 5.92 Å². The highest BCUT2D eigenvalue weighted by molar-refractivity contribution is 7.89. The zero-order valence-electron chi connectivity index (χ0n) is 20.0. The third kappa shape index (κ3) is 5.70. The normalized spacial score (nSPS) is 20.1. The fourth-order valence-corrected chi connectivity index (χ4v) is 7.92. The lowest BCUT2D eigenvalue weighted by Gasteiger charge is -2.31. The Labute approximate surface area is 217 Å². The molecule has 2 fully saturated rings. The molecule has 0 aliphatic carbocycles. The maximum Gasteiger partial charge on any atom is 0.246 e. The number of benzene rings is 2. The molecule has 0 radical (unpaired) electrons. The molecular formula is C24H30ClN3O6S2. The lowest BCUT2D eigenvalue weighted by atomic mass is 9.98. The van der Waals surface area contributed by atoms with Crippen LogP contribution < -0.4 is 10.1 Å². The average molecular weight is 556 g/mol. The number of nitrogens with zero attached hydrogens (tertiary/aromatic N) is 2. The number of rotatable bonds is 7. The number of carbonyl (C=O) groups excluding carboxylic acids is 1. The molecule has 1 amide bonds. The maximum atomic E-state index is 13.3. The fourth-order valence-electron chi connectivity index (χ4n) is 4.58. The molecule has 9 nitrogen and oxygen atoms in total. The summed E-state index contributed by atoms with van der Waals surface area (Å²) in [6, 6.07) is 10.4. The Hall–Kier alpha value is -2.18. The summed E-state index contributed by atoms with van der Waals surface area (Å²) >= 11 is 5.88. The molecule has 196 valence electrons. The first-order valence-corrected chi connectivity index (χ1v) is 15.1. The first kappa shape index (κ1) is 26.9. The Kier molecular flexibility index (Phi) is 8.25. The van der Waals surface area contributed by atoms with Gasteiger partial charge in [0.1, 0.15) is 10.6 Å². The van der Waals surface area contributed by atoms with Crippen molar-refractivity contribution >= 4 is 43.2 Å². The van der Waals surface area contributed by atoms with Gasteiger partial charge in [-0.2, -0.15) is 8.61 Å². The number of methoxy groups -OCH3 is 1. The summed E-state index contributed by atoms with van der Waals surface area (Å²) in [6.45, 7) is 1.24. The van der Waals surface area contributed by atoms with Gasteiger partial charge in [0.05, 0.1) is 17.9 Å². The molecule has 2 aromatic carbocycles. The summed E-state index contributed by atoms with van der Waals surface area (Å²) in [4.78, 5) is 13.2. The number of nitrogens with one attached hydrogen (secondary N) is 1. The van der Waals surface area contributed by atoms with E-state index < -0.39 is 26.0 Å². The monoisotopic (exact) mass is 555 g/mol. The Morgan fingerprint density at radius 1 is 0.917 bits per heavy atom. The second kappa shape index (κ2) is 11.1. The molecule has 12 heteroatoms. The van der Waals surface area contributed by atoms with Crippen molar-refractivity contribution in [3.63, 3.8) is 0 Å². The summed E-state index contributed by atoms with van der Waals surface area (Å²) in [5.41, 5.74) is 0.314. The molecule has 1 N–H and O–H groups in total. The van der Waals surface area contributed by atoms with Gasteiger partial charge in [-0.05, 0) is 68.1 Å². The highest BCUT2D eigenvalue weighted by Gasteiger charge is 2.34. The average Bonchev–Trinajstić information content (AvgIpc) is 2.89. The van der Waals surface area contributed by atoms with Crippen LogP contribution in [-0.4, -0.2) is 64.6 Å². The lowest BCUT2D eigenvalue weighted by molar-refractivity contribution is -0.120. The van der Waals surface area contributed by atoms with Gasteiger partial charge in [0, 0.05) is 36.9 Å². The van der Waals surface area contributed by atoms with E-state index in [1.807, 2.05) is 0 Å². The van der Waals surface area contributed by atoms with Gasteiger partial charge in [-0.15, -0.1) is 0 Å². The first-order valence-electron chi connectivity index (χ1n) is 11.9. The molecule has 1 unspecified atom stereocenters. The van der Waals surface area contributed by atoms with Crippen LogP contribution in [0.25, 0.3) is 0 Å². The second-order valence-electron chi connectivity index (χ2n) is 8.98. The molecule has 0 saturated carbocycles. The molecule has 0 bridgehead atoms. The number of piperidine rings is 2. The Morgan fingerprint density at radius 3 is 2.25 bits per heavy atom. The molecule has 1 atom stereocenters. The van der Waals surface area contributed by atoms with Crippen LogP contribution in [0.5, 0.6) is 5.75 Å². The number of hydrogen-bond donors (Lipinski definition) is 1. The highest BCUT2D eigenvalue weighted by Crippen LogP contribution is 2.32. The summed E-state index contributed by atoms with van der Waals surface area (Å²) in [5, 5.41) is 3.22. The van der Waals surface area contributed by atoms with Crippen molar-refractivity contribution in [3.8, 4) is 5.75 Å². The predicted octanol–water partition coefficient (Wildman–Crippen LogP) is 3.56. The van der Waals surface area contributed by atoms with Gasteiger partial charge in [-0.3, -0.25) is 4.79 Å². The zero-order chi connectivity index (χ0) is 25.9. The predicted molar refractivity (Wildman–Crippen MR) is 137 cm³/mol. The quantitative estimate of drug-likeness (QED) is 0.559. The number of anilines is 1. The van der Waals surface area contributed by atoms with Gasteiger partial charge in [0.25, 0.3) is 0 Å². The van der Waals surface area contributed by atoms with E-state index in [-0.39, 0.29) is 28.0 Å². The Balaban J connectivity index is 1.51. The summed E-state index contributed by atoms with van der Waals surface area (Å²) in [7, 11) is -6.16. The molecular weight excluding hydrogens is 526 g/mol. The second-order valence-corrected chi connectivity index (χ2v) is 13.3. The smallest absolute Gasteiger partial charge is 0.246 e. The molecule has 2 saturated heterocycles. The molecule has 2 aliphatic rings. The zero-order valence-corrected chi connectivity index (χ0v) is 22.4. The van der Waals surface area contributed by atoms with Crippen LogP contribution in [0.15, 0.2) is 52.3 Å². The van der Waals surface area contributed by atoms with Gasteiger partial charge in [-0.25, -0.2) is 16.8 Å². The van der Waals surface area contributed by atoms with Crippen LogP contribution in [-0.2, 0) is 24.8 Å². The van der Waals surface area contributed by atoms with Crippen molar-refractivity contribution in [3.05, 3.63) is 47.5 Å². The van der Waals surface area contributed by atoms with Crippen LogP contribution in [0.4, 0.5) is 5.69 Å². The fraction of sp³-hybridized carbons (Fsp3) is 0.458. The van der Waals surface area contributed by atoms with Gasteiger partial charge < -0.3 is 10.1 Å². The largest absolute Gasteiger partial charge is 0.495 e. The molecule has 36 heavy (non-hydrogen) atoms. The van der Waals surface area contributed by atoms with E-state index in [1.165, 1.54) is 52.1 Å². The van der Waals surface area contributed by atoms with Crippen molar-refractivity contribution < 1.29 is 26.4 Å². The maximum absolute atomic E-state index is 13.3. The van der Waals surface area contributed by atoms with Crippen LogP contribution >= 0.6 is 11.6 Å². The number of ether oxygens (including phenoxy) is 1. The number of sulfonamides is 2. The minimum atomic E-state index is -3.79. The SMILES string of the molecule is COc1ccc(NC(=O)C2CCCN(S(=O)(=O)c3ccc(Cl)cc3)C2)cc1S(=O)(=O)N1CCCCC1. The van der Waals surface area contributed by atoms with Crippen molar-refractivity contribution in [1.29, 1.82) is 0 Å². The van der Waals surface area contributed by atoms with E-state index in [4.69, 9.17) is 16.3 Å². The Morgan fingerprint density at radius 2 is 1.58 bits per heavy atom. The van der Waals surface area contributed by atoms with E-state index in [1.54, 1.807) is 6.07 Å². The van der Waals surface area contributed by atoms with Crippen molar-refractivity contribution in [2.24, 2.45) is 5.92 Å². The van der Waals surface area contributed by atoms with Crippen LogP contribution in [0.3, 0.4) is 0 Å². The third-order valence-electron chi connectivity index (χ3n) is 6.57. The number of halogens is 1. The molecule has 2 aromatic rings. The van der Waals surface area contributed by atoms with Crippen LogP contribution in [0.2, 0.25) is 5.02 Å². The highest BCUT2D eigenvalue weighted by atomic mass is 35.5. The van der Waals surface area contributed by atoms with Gasteiger partial charge in [0.2, 0.25) is 26.0 Å². The van der Waals surface area contributed by atoms with Gasteiger partial charge in [0.15, 0.2) is 0 Å². The molecule has 2 aliphatic heterocycles. The van der Waals surface area contributed by atoms with Gasteiger partial charge in [-0.1, -0.05) is 18.0 Å². The Bertz CT molecular complexity index is 1310. The molecule has 2 heterocycles.